The number of nitrogens with one attached hydrogen (secondary N) is 1. The number of carbonyl (C=O) groups is 1. The van der Waals surface area contributed by atoms with Gasteiger partial charge in [-0.15, -0.1) is 0 Å². The van der Waals surface area contributed by atoms with Gasteiger partial charge in [-0.1, -0.05) is 0 Å². The number of hydrogen-bond acceptors (Lipinski definition) is 4. The first-order chi connectivity index (χ1) is 7.20. The smallest absolute Gasteiger partial charge is 0.249 e. The minimum atomic E-state index is -0.881. The second kappa shape index (κ2) is 4.47. The molecular weight excluding hydrogens is 198 g/mol. The van der Waals surface area contributed by atoms with E-state index in [1.54, 1.807) is 0 Å². The van der Waals surface area contributed by atoms with Crippen molar-refractivity contribution in [3.8, 4) is 0 Å². The minimum Gasteiger partial charge on any atom is -0.386 e. The molecule has 2 fully saturated rings. The maximum Gasteiger partial charge on any atom is 0.249 e. The fourth-order valence-electron chi connectivity index (χ4n) is 1.89. The van der Waals surface area contributed by atoms with Gasteiger partial charge >= 0.3 is 0 Å². The highest BCUT2D eigenvalue weighted by Gasteiger charge is 2.33. The zero-order valence-electron chi connectivity index (χ0n) is 8.70. The van der Waals surface area contributed by atoms with Gasteiger partial charge < -0.3 is 19.9 Å². The average molecular weight is 215 g/mol. The molecule has 1 amide bonds. The van der Waals surface area contributed by atoms with Gasteiger partial charge in [-0.3, -0.25) is 4.79 Å². The Hall–Kier alpha value is -0.650. The molecule has 15 heavy (non-hydrogen) atoms. The Morgan fingerprint density at radius 2 is 2.40 bits per heavy atom. The molecular formula is C10H17NO4. The molecule has 0 aromatic heterocycles. The third-order valence-corrected chi connectivity index (χ3v) is 2.90. The van der Waals surface area contributed by atoms with Gasteiger partial charge in [0.15, 0.2) is 0 Å². The summed E-state index contributed by atoms with van der Waals surface area (Å²) in [4.78, 5) is 11.6. The van der Waals surface area contributed by atoms with E-state index in [0.29, 0.717) is 26.2 Å². The van der Waals surface area contributed by atoms with Crippen molar-refractivity contribution in [3.05, 3.63) is 0 Å². The van der Waals surface area contributed by atoms with Crippen LogP contribution in [0.15, 0.2) is 0 Å². The standard InChI is InChI=1S/C10H17NO4/c12-9(8-2-1-4-15-8)11-6-10(13)3-5-14-7-10/h8,13H,1-7H2,(H,11,12)/t8-,10?/m1/s1. The third kappa shape index (κ3) is 2.68. The molecule has 2 aliphatic rings. The van der Waals surface area contributed by atoms with E-state index in [1.807, 2.05) is 0 Å². The van der Waals surface area contributed by atoms with Crippen LogP contribution in [0.4, 0.5) is 0 Å². The molecule has 2 N–H and O–H groups in total. The first-order valence-electron chi connectivity index (χ1n) is 5.39. The zero-order chi connectivity index (χ0) is 10.7. The predicted octanol–water partition coefficient (Wildman–Crippen LogP) is -0.567. The number of carbonyl (C=O) groups excluding carboxylic acids is 1. The van der Waals surface area contributed by atoms with Crippen LogP contribution in [0.3, 0.4) is 0 Å². The number of ether oxygens (including phenoxy) is 2. The summed E-state index contributed by atoms with van der Waals surface area (Å²) in [6.07, 6.45) is 1.97. The Labute approximate surface area is 88.7 Å². The normalized spacial score (nSPS) is 35.7. The molecule has 0 aromatic rings. The van der Waals surface area contributed by atoms with Crippen molar-refractivity contribution in [2.45, 2.75) is 31.0 Å². The van der Waals surface area contributed by atoms with Crippen molar-refractivity contribution in [1.82, 2.24) is 5.32 Å². The van der Waals surface area contributed by atoms with Gasteiger partial charge in [0.2, 0.25) is 5.91 Å². The third-order valence-electron chi connectivity index (χ3n) is 2.90. The Balaban J connectivity index is 1.74. The molecule has 2 saturated heterocycles. The highest BCUT2D eigenvalue weighted by atomic mass is 16.5. The molecule has 2 aliphatic heterocycles. The Kier molecular flexibility index (Phi) is 3.23. The summed E-state index contributed by atoms with van der Waals surface area (Å²) in [6, 6.07) is 0. The molecule has 5 nitrogen and oxygen atoms in total. The lowest BCUT2D eigenvalue weighted by molar-refractivity contribution is -0.131. The lowest BCUT2D eigenvalue weighted by Crippen LogP contribution is -2.46. The summed E-state index contributed by atoms with van der Waals surface area (Å²) < 4.78 is 10.3. The maximum absolute atomic E-state index is 11.6. The van der Waals surface area contributed by atoms with Crippen molar-refractivity contribution >= 4 is 5.91 Å². The fraction of sp³-hybridized carbons (Fsp3) is 0.900. The van der Waals surface area contributed by atoms with E-state index in [1.165, 1.54) is 0 Å². The Morgan fingerprint density at radius 1 is 1.53 bits per heavy atom. The van der Waals surface area contributed by atoms with E-state index in [4.69, 9.17) is 9.47 Å². The van der Waals surface area contributed by atoms with Crippen LogP contribution in [0.25, 0.3) is 0 Å². The second-order valence-corrected chi connectivity index (χ2v) is 4.25. The lowest BCUT2D eigenvalue weighted by atomic mass is 10.0. The Morgan fingerprint density at radius 3 is 3.00 bits per heavy atom. The maximum atomic E-state index is 11.6. The number of hydrogen-bond donors (Lipinski definition) is 2. The van der Waals surface area contributed by atoms with Gasteiger partial charge in [0.1, 0.15) is 11.7 Å². The van der Waals surface area contributed by atoms with Crippen LogP contribution in [-0.2, 0) is 14.3 Å². The molecule has 0 aliphatic carbocycles. The molecule has 2 atom stereocenters. The highest BCUT2D eigenvalue weighted by molar-refractivity contribution is 5.81. The number of rotatable bonds is 3. The van der Waals surface area contributed by atoms with Gasteiger partial charge in [0, 0.05) is 26.2 Å². The van der Waals surface area contributed by atoms with Crippen molar-refractivity contribution in [2.24, 2.45) is 0 Å². The van der Waals surface area contributed by atoms with Crippen molar-refractivity contribution in [2.75, 3.05) is 26.4 Å². The quantitative estimate of drug-likeness (QED) is 0.662. The van der Waals surface area contributed by atoms with E-state index in [-0.39, 0.29) is 18.6 Å². The predicted molar refractivity (Wildman–Crippen MR) is 52.4 cm³/mol. The first-order valence-corrected chi connectivity index (χ1v) is 5.39. The van der Waals surface area contributed by atoms with E-state index in [9.17, 15) is 9.90 Å². The summed E-state index contributed by atoms with van der Waals surface area (Å²) in [7, 11) is 0. The van der Waals surface area contributed by atoms with Crippen LogP contribution in [0.1, 0.15) is 19.3 Å². The summed E-state index contributed by atoms with van der Waals surface area (Å²) in [6.45, 7) is 1.78. The lowest BCUT2D eigenvalue weighted by Gasteiger charge is -2.21. The monoisotopic (exact) mass is 215 g/mol. The van der Waals surface area contributed by atoms with Crippen LogP contribution >= 0.6 is 0 Å². The van der Waals surface area contributed by atoms with Crippen LogP contribution in [0.2, 0.25) is 0 Å². The van der Waals surface area contributed by atoms with Gasteiger partial charge in [-0.25, -0.2) is 0 Å². The van der Waals surface area contributed by atoms with Crippen LogP contribution < -0.4 is 5.32 Å². The van der Waals surface area contributed by atoms with Crippen LogP contribution in [-0.4, -0.2) is 49.1 Å². The number of aliphatic hydroxyl groups is 1. The van der Waals surface area contributed by atoms with Gasteiger partial charge in [0.25, 0.3) is 0 Å². The molecule has 1 unspecified atom stereocenters. The van der Waals surface area contributed by atoms with Crippen molar-refractivity contribution < 1.29 is 19.4 Å². The van der Waals surface area contributed by atoms with Crippen LogP contribution in [0.5, 0.6) is 0 Å². The van der Waals surface area contributed by atoms with Gasteiger partial charge in [-0.05, 0) is 12.8 Å². The van der Waals surface area contributed by atoms with Crippen LogP contribution in [0, 0.1) is 0 Å². The van der Waals surface area contributed by atoms with E-state index in [2.05, 4.69) is 5.32 Å². The second-order valence-electron chi connectivity index (χ2n) is 4.25. The summed E-state index contributed by atoms with van der Waals surface area (Å²) in [5.41, 5.74) is -0.881. The molecule has 86 valence electrons. The summed E-state index contributed by atoms with van der Waals surface area (Å²) in [5, 5.41) is 12.6. The average Bonchev–Trinajstić information content (AvgIpc) is 2.85. The molecule has 5 heteroatoms. The first kappa shape index (κ1) is 10.9. The molecule has 2 heterocycles. The minimum absolute atomic E-state index is 0.118. The Bertz CT molecular complexity index is 232. The van der Waals surface area contributed by atoms with Gasteiger partial charge in [-0.2, -0.15) is 0 Å². The van der Waals surface area contributed by atoms with E-state index < -0.39 is 5.60 Å². The van der Waals surface area contributed by atoms with Gasteiger partial charge in [0.05, 0.1) is 6.61 Å². The molecule has 0 radical (unpaired) electrons. The molecule has 0 aromatic carbocycles. The van der Waals surface area contributed by atoms with E-state index in [0.717, 1.165) is 12.8 Å². The summed E-state index contributed by atoms with van der Waals surface area (Å²) in [5.74, 6) is -0.118. The van der Waals surface area contributed by atoms with Crippen molar-refractivity contribution in [1.29, 1.82) is 0 Å². The number of amides is 1. The largest absolute Gasteiger partial charge is 0.386 e. The van der Waals surface area contributed by atoms with Crippen molar-refractivity contribution in [3.63, 3.8) is 0 Å². The fourth-order valence-corrected chi connectivity index (χ4v) is 1.89. The highest BCUT2D eigenvalue weighted by Crippen LogP contribution is 2.17. The summed E-state index contributed by atoms with van der Waals surface area (Å²) >= 11 is 0. The molecule has 0 saturated carbocycles. The SMILES string of the molecule is O=C(NCC1(O)CCOC1)[C@H]1CCCO1. The topological polar surface area (TPSA) is 67.8 Å². The zero-order valence-corrected chi connectivity index (χ0v) is 8.70. The molecule has 2 rings (SSSR count). The van der Waals surface area contributed by atoms with E-state index >= 15 is 0 Å². The molecule has 0 bridgehead atoms. The molecule has 0 spiro atoms.